The van der Waals surface area contributed by atoms with Crippen LogP contribution in [0.4, 0.5) is 0 Å². The van der Waals surface area contributed by atoms with Crippen LogP contribution in [0.15, 0.2) is 42.5 Å². The minimum absolute atomic E-state index is 0.0385. The van der Waals surface area contributed by atoms with Gasteiger partial charge in [0.15, 0.2) is 17.6 Å². The molecule has 2 aromatic carbocycles. The molecule has 1 unspecified atom stereocenters. The summed E-state index contributed by atoms with van der Waals surface area (Å²) in [6.07, 6.45) is 2.02. The summed E-state index contributed by atoms with van der Waals surface area (Å²) in [4.78, 5) is 17.7. The lowest BCUT2D eigenvalue weighted by Crippen LogP contribution is -2.52. The number of hydrogen-bond donors (Lipinski definition) is 0. The Hall–Kier alpha value is -2.93. The van der Waals surface area contributed by atoms with E-state index in [4.69, 9.17) is 18.9 Å². The van der Waals surface area contributed by atoms with Gasteiger partial charge in [-0.2, -0.15) is 0 Å². The van der Waals surface area contributed by atoms with E-state index in [0.29, 0.717) is 42.5 Å². The number of benzene rings is 2. The summed E-state index contributed by atoms with van der Waals surface area (Å²) in [6.45, 7) is 6.13. The summed E-state index contributed by atoms with van der Waals surface area (Å²) in [6, 6.07) is 13.9. The highest BCUT2D eigenvalue weighted by atomic mass is 16.5. The zero-order valence-corrected chi connectivity index (χ0v) is 20.2. The summed E-state index contributed by atoms with van der Waals surface area (Å²) in [5, 5.41) is 0. The molecule has 0 aromatic heterocycles. The molecule has 1 saturated heterocycles. The van der Waals surface area contributed by atoms with Crippen LogP contribution in [0.5, 0.6) is 23.0 Å². The Kier molecular flexibility index (Phi) is 9.24. The maximum Gasteiger partial charge on any atom is 0.263 e. The van der Waals surface area contributed by atoms with Gasteiger partial charge in [0.25, 0.3) is 5.91 Å². The molecule has 1 amide bonds. The van der Waals surface area contributed by atoms with E-state index < -0.39 is 6.10 Å². The Balaban J connectivity index is 1.67. The summed E-state index contributed by atoms with van der Waals surface area (Å²) < 4.78 is 22.5. The molecule has 3 rings (SSSR count). The summed E-state index contributed by atoms with van der Waals surface area (Å²) in [5.41, 5.74) is 1.30. The minimum atomic E-state index is -0.548. The van der Waals surface area contributed by atoms with Crippen molar-refractivity contribution >= 4 is 5.91 Å². The minimum Gasteiger partial charge on any atom is -0.493 e. The molecule has 0 saturated carbocycles. The molecule has 1 aliphatic rings. The summed E-state index contributed by atoms with van der Waals surface area (Å²) in [5.74, 6) is 2.07. The number of ether oxygens (including phenoxy) is 4. The highest BCUT2D eigenvalue weighted by Crippen LogP contribution is 2.41. The molecule has 1 atom stereocenters. The molecule has 7 nitrogen and oxygen atoms in total. The third-order valence-electron chi connectivity index (χ3n) is 5.94. The number of unbranched alkanes of at least 4 members (excludes halogenated alkanes) is 1. The van der Waals surface area contributed by atoms with Crippen molar-refractivity contribution in [2.75, 3.05) is 47.5 Å². The molecule has 33 heavy (non-hydrogen) atoms. The lowest BCUT2D eigenvalue weighted by atomic mass is 10.1. The van der Waals surface area contributed by atoms with Gasteiger partial charge in [0.05, 0.1) is 21.3 Å². The molecular weight excluding hydrogens is 420 g/mol. The van der Waals surface area contributed by atoms with E-state index in [2.05, 4.69) is 36.1 Å². The van der Waals surface area contributed by atoms with Crippen LogP contribution in [-0.2, 0) is 11.3 Å². The second-order valence-corrected chi connectivity index (χ2v) is 8.20. The van der Waals surface area contributed by atoms with Crippen molar-refractivity contribution in [3.63, 3.8) is 0 Å². The molecule has 0 bridgehead atoms. The zero-order chi connectivity index (χ0) is 23.6. The fourth-order valence-electron chi connectivity index (χ4n) is 4.08. The van der Waals surface area contributed by atoms with E-state index in [1.54, 1.807) is 33.5 Å². The van der Waals surface area contributed by atoms with E-state index in [-0.39, 0.29) is 5.91 Å². The highest BCUT2D eigenvalue weighted by Gasteiger charge is 2.29. The normalized spacial score (nSPS) is 15.1. The van der Waals surface area contributed by atoms with Crippen molar-refractivity contribution in [3.8, 4) is 23.0 Å². The topological polar surface area (TPSA) is 60.5 Å². The number of carbonyl (C=O) groups is 1. The molecule has 0 spiro atoms. The van der Waals surface area contributed by atoms with E-state index in [0.717, 1.165) is 32.5 Å². The average Bonchev–Trinajstić information content (AvgIpc) is 2.86. The van der Waals surface area contributed by atoms with Crippen LogP contribution in [0.1, 0.15) is 31.7 Å². The highest BCUT2D eigenvalue weighted by molar-refractivity contribution is 5.81. The van der Waals surface area contributed by atoms with Gasteiger partial charge < -0.3 is 23.8 Å². The molecule has 7 heteroatoms. The number of hydrogen-bond acceptors (Lipinski definition) is 6. The average molecular weight is 457 g/mol. The number of methoxy groups -OCH3 is 3. The first-order chi connectivity index (χ1) is 16.1. The Morgan fingerprint density at radius 3 is 2.12 bits per heavy atom. The molecule has 1 heterocycles. The molecule has 1 aliphatic heterocycles. The maximum atomic E-state index is 13.4. The standard InChI is InChI=1S/C26H36N2O5/c1-5-6-12-22(33-21-17-23(30-2)25(32-4)24(18-21)31-3)26(29)28-15-13-27(14-16-28)19-20-10-8-7-9-11-20/h7-11,17-18,22H,5-6,12-16,19H2,1-4H3. The molecule has 1 fully saturated rings. The van der Waals surface area contributed by atoms with Gasteiger partial charge in [0, 0.05) is 44.9 Å². The van der Waals surface area contributed by atoms with E-state index in [1.807, 2.05) is 11.0 Å². The van der Waals surface area contributed by atoms with Crippen molar-refractivity contribution in [1.82, 2.24) is 9.80 Å². The molecular formula is C26H36N2O5. The predicted molar refractivity (Wildman–Crippen MR) is 128 cm³/mol. The fourth-order valence-corrected chi connectivity index (χ4v) is 4.08. The third kappa shape index (κ3) is 6.54. The molecule has 0 N–H and O–H groups in total. The fraction of sp³-hybridized carbons (Fsp3) is 0.500. The molecule has 2 aromatic rings. The van der Waals surface area contributed by atoms with Crippen LogP contribution < -0.4 is 18.9 Å². The number of rotatable bonds is 11. The van der Waals surface area contributed by atoms with Gasteiger partial charge in [-0.25, -0.2) is 0 Å². The van der Waals surface area contributed by atoms with Gasteiger partial charge in [-0.3, -0.25) is 9.69 Å². The smallest absolute Gasteiger partial charge is 0.263 e. The predicted octanol–water partition coefficient (Wildman–Crippen LogP) is 3.99. The van der Waals surface area contributed by atoms with Crippen molar-refractivity contribution in [2.45, 2.75) is 38.8 Å². The Labute approximate surface area is 197 Å². The van der Waals surface area contributed by atoms with Crippen LogP contribution >= 0.6 is 0 Å². The molecule has 0 aliphatic carbocycles. The summed E-state index contributed by atoms with van der Waals surface area (Å²) >= 11 is 0. The number of piperazine rings is 1. The number of amides is 1. The van der Waals surface area contributed by atoms with Crippen LogP contribution in [0.25, 0.3) is 0 Å². The van der Waals surface area contributed by atoms with Gasteiger partial charge in [-0.1, -0.05) is 43.7 Å². The monoisotopic (exact) mass is 456 g/mol. The number of carbonyl (C=O) groups excluding carboxylic acids is 1. The third-order valence-corrected chi connectivity index (χ3v) is 5.94. The van der Waals surface area contributed by atoms with Crippen molar-refractivity contribution in [1.29, 1.82) is 0 Å². The number of nitrogens with zero attached hydrogens (tertiary/aromatic N) is 2. The first-order valence-corrected chi connectivity index (χ1v) is 11.6. The first kappa shape index (κ1) is 24.7. The Morgan fingerprint density at radius 1 is 0.939 bits per heavy atom. The SMILES string of the molecule is CCCCC(Oc1cc(OC)c(OC)c(OC)c1)C(=O)N1CCN(Cc2ccccc2)CC1. The second kappa shape index (κ2) is 12.3. The van der Waals surface area contributed by atoms with Crippen molar-refractivity contribution in [3.05, 3.63) is 48.0 Å². The quantitative estimate of drug-likeness (QED) is 0.510. The van der Waals surface area contributed by atoms with Gasteiger partial charge in [-0.05, 0) is 18.4 Å². The molecule has 0 radical (unpaired) electrons. The summed E-state index contributed by atoms with van der Waals surface area (Å²) in [7, 11) is 4.69. The molecule has 180 valence electrons. The lowest BCUT2D eigenvalue weighted by molar-refractivity contribution is -0.141. The van der Waals surface area contributed by atoms with E-state index in [1.165, 1.54) is 5.56 Å². The zero-order valence-electron chi connectivity index (χ0n) is 20.2. The second-order valence-electron chi connectivity index (χ2n) is 8.20. The van der Waals surface area contributed by atoms with E-state index in [9.17, 15) is 4.79 Å². The van der Waals surface area contributed by atoms with Crippen LogP contribution in [-0.4, -0.2) is 69.3 Å². The van der Waals surface area contributed by atoms with Gasteiger partial charge >= 0.3 is 0 Å². The van der Waals surface area contributed by atoms with Crippen molar-refractivity contribution in [2.24, 2.45) is 0 Å². The maximum absolute atomic E-state index is 13.4. The van der Waals surface area contributed by atoms with Crippen LogP contribution in [0.3, 0.4) is 0 Å². The largest absolute Gasteiger partial charge is 0.493 e. The van der Waals surface area contributed by atoms with Gasteiger partial charge in [0.2, 0.25) is 5.75 Å². The Morgan fingerprint density at radius 2 is 1.58 bits per heavy atom. The first-order valence-electron chi connectivity index (χ1n) is 11.6. The Bertz CT molecular complexity index is 857. The lowest BCUT2D eigenvalue weighted by Gasteiger charge is -2.36. The van der Waals surface area contributed by atoms with Crippen LogP contribution in [0.2, 0.25) is 0 Å². The van der Waals surface area contributed by atoms with E-state index >= 15 is 0 Å². The van der Waals surface area contributed by atoms with Gasteiger partial charge in [0.1, 0.15) is 5.75 Å². The van der Waals surface area contributed by atoms with Crippen LogP contribution in [0, 0.1) is 0 Å². The van der Waals surface area contributed by atoms with Crippen molar-refractivity contribution < 1.29 is 23.7 Å². The van der Waals surface area contributed by atoms with Gasteiger partial charge in [-0.15, -0.1) is 0 Å².